The molecule has 5 rings (SSSR count). The first-order valence-corrected chi connectivity index (χ1v) is 11.5. The molecule has 3 aromatic heterocycles. The average Bonchev–Trinajstić information content (AvgIpc) is 3.48. The van der Waals surface area contributed by atoms with Crippen molar-refractivity contribution in [1.82, 2.24) is 14.8 Å². The molecule has 4 aromatic rings. The van der Waals surface area contributed by atoms with Gasteiger partial charge >= 0.3 is 5.97 Å². The minimum absolute atomic E-state index is 0.0665. The van der Waals surface area contributed by atoms with E-state index in [0.717, 1.165) is 51.7 Å². The molecule has 1 aromatic carbocycles. The molecule has 1 aliphatic heterocycles. The Morgan fingerprint density at radius 1 is 1.23 bits per heavy atom. The van der Waals surface area contributed by atoms with Crippen LogP contribution in [0.3, 0.4) is 0 Å². The molecule has 152 valence electrons. The van der Waals surface area contributed by atoms with Gasteiger partial charge in [-0.05, 0) is 59.5 Å². The summed E-state index contributed by atoms with van der Waals surface area (Å²) < 4.78 is 2.89. The van der Waals surface area contributed by atoms with E-state index >= 15 is 0 Å². The van der Waals surface area contributed by atoms with Gasteiger partial charge in [0.15, 0.2) is 10.8 Å². The van der Waals surface area contributed by atoms with E-state index in [2.05, 4.69) is 51.1 Å². The van der Waals surface area contributed by atoms with E-state index in [1.54, 1.807) is 33.4 Å². The van der Waals surface area contributed by atoms with Gasteiger partial charge < -0.3 is 10.0 Å². The molecular weight excluding hydrogens is 416 g/mol. The lowest BCUT2D eigenvalue weighted by Gasteiger charge is -2.22. The second-order valence-electron chi connectivity index (χ2n) is 7.33. The first kappa shape index (κ1) is 19.0. The van der Waals surface area contributed by atoms with E-state index in [1.165, 1.54) is 5.56 Å². The van der Waals surface area contributed by atoms with Crippen LogP contribution < -0.4 is 4.90 Å². The van der Waals surface area contributed by atoms with E-state index < -0.39 is 5.97 Å². The molecule has 1 aliphatic rings. The number of aryl methyl sites for hydroxylation is 1. The van der Waals surface area contributed by atoms with E-state index in [9.17, 15) is 9.90 Å². The Hall–Kier alpha value is -2.97. The lowest BCUT2D eigenvalue weighted by atomic mass is 10.0. The molecule has 0 amide bonds. The normalized spacial score (nSPS) is 14.0. The highest BCUT2D eigenvalue weighted by atomic mass is 32.1. The fourth-order valence-electron chi connectivity index (χ4n) is 3.69. The predicted molar refractivity (Wildman–Crippen MR) is 122 cm³/mol. The van der Waals surface area contributed by atoms with Crippen molar-refractivity contribution in [2.45, 2.75) is 19.9 Å². The summed E-state index contributed by atoms with van der Waals surface area (Å²) in [5.74, 6) is -1.01. The van der Waals surface area contributed by atoms with Crippen molar-refractivity contribution >= 4 is 44.0 Å². The van der Waals surface area contributed by atoms with Crippen LogP contribution in [0.5, 0.6) is 0 Å². The number of aromatic carboxylic acids is 1. The number of carboxylic acid groups (broad SMARTS) is 1. The number of hydrogen-bond acceptors (Lipinski definition) is 6. The van der Waals surface area contributed by atoms with Gasteiger partial charge in [0, 0.05) is 24.3 Å². The number of anilines is 1. The fraction of sp³-hybridized carbons (Fsp3) is 0.227. The number of thiophene rings is 1. The molecule has 0 unspecified atom stereocenters. The van der Waals surface area contributed by atoms with Crippen molar-refractivity contribution in [1.29, 1.82) is 0 Å². The molecule has 1 N–H and O–H groups in total. The number of rotatable bonds is 5. The zero-order valence-corrected chi connectivity index (χ0v) is 18.0. The zero-order chi connectivity index (χ0) is 20.7. The minimum atomic E-state index is -1.01. The van der Waals surface area contributed by atoms with Gasteiger partial charge in [0.25, 0.3) is 0 Å². The van der Waals surface area contributed by atoms with Gasteiger partial charge in [0.05, 0.1) is 16.8 Å². The Bertz CT molecular complexity index is 1250. The summed E-state index contributed by atoms with van der Waals surface area (Å²) in [4.78, 5) is 18.6. The summed E-state index contributed by atoms with van der Waals surface area (Å²) in [7, 11) is 0. The SMILES string of the molecule is Cc1cc(C(=O)O)nn1Cc1cc(-c2ccsc2)cc2sc(N3CC=CCC3)nc12. The van der Waals surface area contributed by atoms with E-state index in [1.807, 2.05) is 6.92 Å². The molecule has 6 nitrogen and oxygen atoms in total. The first-order chi connectivity index (χ1) is 14.6. The Morgan fingerprint density at radius 3 is 2.83 bits per heavy atom. The lowest BCUT2D eigenvalue weighted by Crippen LogP contribution is -2.26. The quantitative estimate of drug-likeness (QED) is 0.444. The number of carboxylic acids is 1. The highest BCUT2D eigenvalue weighted by Gasteiger charge is 2.18. The molecular formula is C22H20N4O2S2. The van der Waals surface area contributed by atoms with Crippen LogP contribution in [0.15, 0.2) is 47.2 Å². The van der Waals surface area contributed by atoms with Gasteiger partial charge in [-0.3, -0.25) is 4.68 Å². The highest BCUT2D eigenvalue weighted by Crippen LogP contribution is 2.36. The molecule has 0 aliphatic carbocycles. The van der Waals surface area contributed by atoms with Crippen LogP contribution in [0.1, 0.15) is 28.2 Å². The van der Waals surface area contributed by atoms with E-state index in [-0.39, 0.29) is 5.69 Å². The molecule has 0 radical (unpaired) electrons. The van der Waals surface area contributed by atoms with Crippen molar-refractivity contribution in [2.75, 3.05) is 18.0 Å². The van der Waals surface area contributed by atoms with Gasteiger partial charge in [0.2, 0.25) is 0 Å². The van der Waals surface area contributed by atoms with Gasteiger partial charge in [-0.15, -0.1) is 0 Å². The topological polar surface area (TPSA) is 71.2 Å². The molecule has 8 heteroatoms. The van der Waals surface area contributed by atoms with Crippen molar-refractivity contribution in [3.05, 3.63) is 64.1 Å². The monoisotopic (exact) mass is 436 g/mol. The smallest absolute Gasteiger partial charge is 0.356 e. The number of benzene rings is 1. The van der Waals surface area contributed by atoms with E-state index in [0.29, 0.717) is 6.54 Å². The van der Waals surface area contributed by atoms with Gasteiger partial charge in [-0.25, -0.2) is 9.78 Å². The van der Waals surface area contributed by atoms with Crippen LogP contribution in [-0.4, -0.2) is 38.9 Å². The maximum atomic E-state index is 11.3. The molecule has 30 heavy (non-hydrogen) atoms. The number of hydrogen-bond donors (Lipinski definition) is 1. The second-order valence-corrected chi connectivity index (χ2v) is 9.12. The Kier molecular flexibility index (Phi) is 4.88. The third kappa shape index (κ3) is 3.53. The Morgan fingerprint density at radius 2 is 2.13 bits per heavy atom. The van der Waals surface area contributed by atoms with Crippen LogP contribution in [0.2, 0.25) is 0 Å². The molecule has 0 fully saturated rings. The number of aromatic nitrogens is 3. The van der Waals surface area contributed by atoms with Crippen LogP contribution in [0, 0.1) is 6.92 Å². The number of fused-ring (bicyclic) bond motifs is 1. The standard InChI is InChI=1S/C22H20N4O2S2/c1-14-9-18(21(27)28)24-26(14)12-17-10-16(15-5-8-29-13-15)11-19-20(17)23-22(30-19)25-6-3-2-4-7-25/h2-3,5,8-11,13H,4,6-7,12H2,1H3,(H,27,28). The fourth-order valence-corrected chi connectivity index (χ4v) is 5.44. The Balaban J connectivity index is 1.61. The molecule has 0 spiro atoms. The molecule has 4 heterocycles. The second kappa shape index (κ2) is 7.70. The summed E-state index contributed by atoms with van der Waals surface area (Å²) in [6, 6.07) is 8.09. The van der Waals surface area contributed by atoms with Crippen LogP contribution in [0.25, 0.3) is 21.3 Å². The molecule has 0 saturated heterocycles. The predicted octanol–water partition coefficient (Wildman–Crippen LogP) is 5.04. The first-order valence-electron chi connectivity index (χ1n) is 9.72. The molecule has 0 atom stereocenters. The van der Waals surface area contributed by atoms with Crippen LogP contribution in [0.4, 0.5) is 5.13 Å². The van der Waals surface area contributed by atoms with Crippen molar-refractivity contribution in [2.24, 2.45) is 0 Å². The maximum absolute atomic E-state index is 11.3. The third-order valence-corrected chi connectivity index (χ3v) is 7.01. The summed E-state index contributed by atoms with van der Waals surface area (Å²) in [5, 5.41) is 18.8. The number of nitrogens with zero attached hydrogens (tertiary/aromatic N) is 4. The zero-order valence-electron chi connectivity index (χ0n) is 16.4. The lowest BCUT2D eigenvalue weighted by molar-refractivity contribution is 0.0689. The van der Waals surface area contributed by atoms with Gasteiger partial charge in [-0.1, -0.05) is 23.5 Å². The summed E-state index contributed by atoms with van der Waals surface area (Å²) in [5.41, 5.74) is 5.23. The summed E-state index contributed by atoms with van der Waals surface area (Å²) in [6.07, 6.45) is 5.44. The Labute approximate surface area is 181 Å². The van der Waals surface area contributed by atoms with Gasteiger partial charge in [-0.2, -0.15) is 16.4 Å². The van der Waals surface area contributed by atoms with E-state index in [4.69, 9.17) is 4.98 Å². The van der Waals surface area contributed by atoms with Crippen LogP contribution in [-0.2, 0) is 6.54 Å². The van der Waals surface area contributed by atoms with Crippen molar-refractivity contribution in [3.8, 4) is 11.1 Å². The van der Waals surface area contributed by atoms with Gasteiger partial charge in [0.1, 0.15) is 0 Å². The number of thiazole rings is 1. The van der Waals surface area contributed by atoms with Crippen molar-refractivity contribution in [3.63, 3.8) is 0 Å². The van der Waals surface area contributed by atoms with Crippen molar-refractivity contribution < 1.29 is 9.90 Å². The summed E-state index contributed by atoms with van der Waals surface area (Å²) in [6.45, 7) is 4.22. The van der Waals surface area contributed by atoms with Crippen LogP contribution >= 0.6 is 22.7 Å². The maximum Gasteiger partial charge on any atom is 0.356 e. The largest absolute Gasteiger partial charge is 0.476 e. The molecule has 0 bridgehead atoms. The average molecular weight is 437 g/mol. The highest BCUT2D eigenvalue weighted by molar-refractivity contribution is 7.22. The third-order valence-electron chi connectivity index (χ3n) is 5.27. The number of carbonyl (C=O) groups is 1. The molecule has 0 saturated carbocycles. The summed E-state index contributed by atoms with van der Waals surface area (Å²) >= 11 is 3.39. The minimum Gasteiger partial charge on any atom is -0.476 e.